The van der Waals surface area contributed by atoms with E-state index in [4.69, 9.17) is 6.58 Å². The van der Waals surface area contributed by atoms with E-state index in [1.165, 1.54) is 6.26 Å². The lowest BCUT2D eigenvalue weighted by Crippen LogP contribution is -1.72. The van der Waals surface area contributed by atoms with Crippen LogP contribution in [0, 0.1) is 6.58 Å². The fraction of sp³-hybridized carbons (Fsp3) is 0.500. The van der Waals surface area contributed by atoms with Crippen LogP contribution in [0.5, 0.6) is 0 Å². The molecular formula is C4H7O. The van der Waals surface area contributed by atoms with Crippen LogP contribution < -0.4 is 0 Å². The highest BCUT2D eigenvalue weighted by molar-refractivity contribution is 4.38. The van der Waals surface area contributed by atoms with E-state index in [0.717, 1.165) is 0 Å². The summed E-state index contributed by atoms with van der Waals surface area (Å²) in [6.45, 7) is 7.33. The second kappa shape index (κ2) is 3.54. The van der Waals surface area contributed by atoms with Crippen LogP contribution in [0.1, 0.15) is 6.92 Å². The van der Waals surface area contributed by atoms with Crippen molar-refractivity contribution in [2.45, 2.75) is 6.92 Å². The quantitative estimate of drug-likeness (QED) is 0.441. The minimum atomic E-state index is 0.663. The molecule has 0 N–H and O–H groups in total. The van der Waals surface area contributed by atoms with E-state index in [2.05, 4.69) is 4.74 Å². The van der Waals surface area contributed by atoms with Crippen molar-refractivity contribution in [2.24, 2.45) is 0 Å². The third-order valence-corrected chi connectivity index (χ3v) is 0.263. The second-order valence-electron chi connectivity index (χ2n) is 0.591. The molecule has 29 valence electrons. The lowest BCUT2D eigenvalue weighted by atomic mass is 10.9. The van der Waals surface area contributed by atoms with Gasteiger partial charge in [-0.3, -0.25) is 0 Å². The van der Waals surface area contributed by atoms with Gasteiger partial charge in [0.05, 0.1) is 12.9 Å². The van der Waals surface area contributed by atoms with Gasteiger partial charge in [-0.15, -0.1) is 0 Å². The monoisotopic (exact) mass is 71.0 g/mol. The molecule has 0 spiro atoms. The Bertz CT molecular complexity index is 24.8. The van der Waals surface area contributed by atoms with Crippen LogP contribution in [0.15, 0.2) is 6.26 Å². The molecule has 0 aromatic heterocycles. The van der Waals surface area contributed by atoms with Crippen LogP contribution in [-0.4, -0.2) is 6.61 Å². The summed E-state index contributed by atoms with van der Waals surface area (Å²) < 4.78 is 4.49. The molecule has 0 bridgehead atoms. The number of ether oxygens (including phenoxy) is 1. The maximum absolute atomic E-state index is 4.79. The van der Waals surface area contributed by atoms with Crippen LogP contribution >= 0.6 is 0 Å². The Kier molecular flexibility index (Phi) is 3.21. The van der Waals surface area contributed by atoms with Crippen LogP contribution in [0.2, 0.25) is 0 Å². The predicted octanol–water partition coefficient (Wildman–Crippen LogP) is 0.970. The predicted molar refractivity (Wildman–Crippen MR) is 20.5 cm³/mol. The highest BCUT2D eigenvalue weighted by atomic mass is 16.5. The molecule has 1 heteroatoms. The van der Waals surface area contributed by atoms with Gasteiger partial charge in [0.1, 0.15) is 0 Å². The van der Waals surface area contributed by atoms with Crippen LogP contribution in [-0.2, 0) is 4.74 Å². The Morgan fingerprint density at radius 2 is 2.60 bits per heavy atom. The maximum Gasteiger partial charge on any atom is 0.0845 e. The second-order valence-corrected chi connectivity index (χ2v) is 0.591. The molecule has 0 aromatic carbocycles. The van der Waals surface area contributed by atoms with E-state index >= 15 is 0 Å². The fourth-order valence-electron chi connectivity index (χ4n) is 0.0962. The first-order valence-corrected chi connectivity index (χ1v) is 1.56. The summed E-state index contributed by atoms with van der Waals surface area (Å²) in [5.74, 6) is 0. The molecule has 0 saturated carbocycles. The summed E-state index contributed by atoms with van der Waals surface area (Å²) in [4.78, 5) is 0. The van der Waals surface area contributed by atoms with Crippen molar-refractivity contribution in [3.05, 3.63) is 12.8 Å². The van der Waals surface area contributed by atoms with Crippen LogP contribution in [0.4, 0.5) is 0 Å². The molecule has 1 nitrogen and oxygen atoms in total. The van der Waals surface area contributed by atoms with Crippen molar-refractivity contribution < 1.29 is 4.74 Å². The first kappa shape index (κ1) is 4.54. The molecule has 5 heavy (non-hydrogen) atoms. The standard InChI is InChI=1S/C4H7O/c1-3-5-4-2/h1,3H,4H2,2H3. The SMILES string of the molecule is [CH]=COCC. The molecule has 0 aromatic rings. The Morgan fingerprint density at radius 3 is 2.60 bits per heavy atom. The summed E-state index contributed by atoms with van der Waals surface area (Å²) in [5.41, 5.74) is 0. The molecule has 0 rings (SSSR count). The normalized spacial score (nSPS) is 6.60. The molecular weight excluding hydrogens is 64.0 g/mol. The summed E-state index contributed by atoms with van der Waals surface area (Å²) in [7, 11) is 0. The van der Waals surface area contributed by atoms with E-state index in [1.807, 2.05) is 6.92 Å². The molecule has 1 radical (unpaired) electrons. The number of rotatable bonds is 2. The average molecular weight is 71.1 g/mol. The first-order chi connectivity index (χ1) is 2.41. The van der Waals surface area contributed by atoms with E-state index < -0.39 is 0 Å². The largest absolute Gasteiger partial charge is 0.501 e. The molecule has 0 unspecified atom stereocenters. The smallest absolute Gasteiger partial charge is 0.0845 e. The van der Waals surface area contributed by atoms with Crippen molar-refractivity contribution in [3.63, 3.8) is 0 Å². The molecule has 0 fully saturated rings. The highest BCUT2D eigenvalue weighted by Gasteiger charge is 1.56. The highest BCUT2D eigenvalue weighted by Crippen LogP contribution is 1.64. The number of hydrogen-bond acceptors (Lipinski definition) is 1. The van der Waals surface area contributed by atoms with Crippen molar-refractivity contribution >= 4 is 0 Å². The van der Waals surface area contributed by atoms with Crippen molar-refractivity contribution in [1.29, 1.82) is 0 Å². The molecule has 0 saturated heterocycles. The van der Waals surface area contributed by atoms with Crippen molar-refractivity contribution in [3.8, 4) is 0 Å². The van der Waals surface area contributed by atoms with E-state index in [0.29, 0.717) is 6.61 Å². The average Bonchev–Trinajstić information content (AvgIpc) is 1.41. The maximum atomic E-state index is 4.79. The molecule has 0 amide bonds. The van der Waals surface area contributed by atoms with Crippen molar-refractivity contribution in [1.82, 2.24) is 0 Å². The summed E-state index contributed by atoms with van der Waals surface area (Å²) in [6.07, 6.45) is 1.18. The summed E-state index contributed by atoms with van der Waals surface area (Å²) in [6, 6.07) is 0. The number of hydrogen-bond donors (Lipinski definition) is 0. The van der Waals surface area contributed by atoms with E-state index in [9.17, 15) is 0 Å². The van der Waals surface area contributed by atoms with Gasteiger partial charge in [0.25, 0.3) is 0 Å². The lowest BCUT2D eigenvalue weighted by molar-refractivity contribution is 0.269. The van der Waals surface area contributed by atoms with Gasteiger partial charge in [-0.25, -0.2) is 0 Å². The topological polar surface area (TPSA) is 9.23 Å². The molecule has 0 atom stereocenters. The van der Waals surface area contributed by atoms with Gasteiger partial charge in [-0.1, -0.05) is 0 Å². The van der Waals surface area contributed by atoms with Gasteiger partial charge in [-0.2, -0.15) is 0 Å². The molecule has 0 aliphatic rings. The zero-order valence-corrected chi connectivity index (χ0v) is 3.27. The zero-order valence-electron chi connectivity index (χ0n) is 3.27. The minimum absolute atomic E-state index is 0.663. The third-order valence-electron chi connectivity index (χ3n) is 0.263. The van der Waals surface area contributed by atoms with Gasteiger partial charge in [0.15, 0.2) is 0 Å². The van der Waals surface area contributed by atoms with Crippen molar-refractivity contribution in [2.75, 3.05) is 6.61 Å². The van der Waals surface area contributed by atoms with Crippen LogP contribution in [0.25, 0.3) is 0 Å². The zero-order chi connectivity index (χ0) is 4.12. The third kappa shape index (κ3) is 3.54. The van der Waals surface area contributed by atoms with E-state index in [-0.39, 0.29) is 0 Å². The first-order valence-electron chi connectivity index (χ1n) is 1.56. The van der Waals surface area contributed by atoms with Gasteiger partial charge >= 0.3 is 0 Å². The Morgan fingerprint density at radius 1 is 2.00 bits per heavy atom. The Labute approximate surface area is 32.3 Å². The van der Waals surface area contributed by atoms with Gasteiger partial charge in [0, 0.05) is 0 Å². The summed E-state index contributed by atoms with van der Waals surface area (Å²) in [5, 5.41) is 0. The molecule has 0 aliphatic heterocycles. The van der Waals surface area contributed by atoms with Crippen LogP contribution in [0.3, 0.4) is 0 Å². The van der Waals surface area contributed by atoms with Gasteiger partial charge in [-0.05, 0) is 13.5 Å². The molecule has 0 aliphatic carbocycles. The fourth-order valence-corrected chi connectivity index (χ4v) is 0.0962. The lowest BCUT2D eigenvalue weighted by Gasteiger charge is -1.84. The van der Waals surface area contributed by atoms with Gasteiger partial charge < -0.3 is 4.74 Å². The van der Waals surface area contributed by atoms with E-state index in [1.54, 1.807) is 0 Å². The Balaban J connectivity index is 2.40. The summed E-state index contributed by atoms with van der Waals surface area (Å²) >= 11 is 0. The molecule has 0 heterocycles. The minimum Gasteiger partial charge on any atom is -0.501 e. The van der Waals surface area contributed by atoms with Gasteiger partial charge in [0.2, 0.25) is 0 Å². The Hall–Kier alpha value is -0.460.